The van der Waals surface area contributed by atoms with E-state index in [2.05, 4.69) is 0 Å². The third-order valence-corrected chi connectivity index (χ3v) is 3.21. The maximum absolute atomic E-state index is 11.3. The molecule has 0 bridgehead atoms. The first-order valence-electron chi connectivity index (χ1n) is 4.57. The zero-order chi connectivity index (χ0) is 10.4. The van der Waals surface area contributed by atoms with Crippen LogP contribution in [0.25, 0.3) is 0 Å². The average Bonchev–Trinajstić information content (AvgIpc) is 2.26. The van der Waals surface area contributed by atoms with Crippen LogP contribution in [-0.2, 0) is 9.53 Å². The molecule has 1 unspecified atom stereocenters. The Morgan fingerprint density at radius 3 is 2.57 bits per heavy atom. The third-order valence-electron chi connectivity index (χ3n) is 1.86. The molecule has 0 N–H and O–H groups in total. The Hall–Kier alpha value is -0.960. The zero-order valence-corrected chi connectivity index (χ0v) is 9.21. The van der Waals surface area contributed by atoms with Gasteiger partial charge >= 0.3 is 5.97 Å². The maximum atomic E-state index is 11.3. The first-order chi connectivity index (χ1) is 6.77. The molecule has 3 heteroatoms. The molecule has 0 aromatic heterocycles. The smallest absolute Gasteiger partial charge is 0.319 e. The normalized spacial score (nSPS) is 12.1. The predicted octanol–water partition coefficient (Wildman–Crippen LogP) is 2.73. The van der Waals surface area contributed by atoms with Gasteiger partial charge in [0.25, 0.3) is 0 Å². The predicted molar refractivity (Wildman–Crippen MR) is 58.4 cm³/mol. The second-order valence-electron chi connectivity index (χ2n) is 2.85. The summed E-state index contributed by atoms with van der Waals surface area (Å²) in [5.41, 5.74) is 0. The minimum Gasteiger partial charge on any atom is -0.468 e. The number of esters is 1. The molecule has 0 heterocycles. The van der Waals surface area contributed by atoms with Gasteiger partial charge < -0.3 is 4.74 Å². The molecule has 0 fully saturated rings. The van der Waals surface area contributed by atoms with Crippen molar-refractivity contribution >= 4 is 17.7 Å². The summed E-state index contributed by atoms with van der Waals surface area (Å²) < 4.78 is 4.72. The van der Waals surface area contributed by atoms with Crippen LogP contribution in [0.15, 0.2) is 35.2 Å². The van der Waals surface area contributed by atoms with Crippen molar-refractivity contribution in [2.75, 3.05) is 7.11 Å². The van der Waals surface area contributed by atoms with Gasteiger partial charge in [0.15, 0.2) is 0 Å². The summed E-state index contributed by atoms with van der Waals surface area (Å²) in [6.45, 7) is 1.98. The van der Waals surface area contributed by atoms with Gasteiger partial charge in [-0.1, -0.05) is 25.1 Å². The molecule has 1 aromatic carbocycles. The highest BCUT2D eigenvalue weighted by Crippen LogP contribution is 2.25. The van der Waals surface area contributed by atoms with Crippen LogP contribution < -0.4 is 0 Å². The van der Waals surface area contributed by atoms with Crippen molar-refractivity contribution in [3.05, 3.63) is 30.3 Å². The Morgan fingerprint density at radius 1 is 1.43 bits per heavy atom. The Morgan fingerprint density at radius 2 is 2.07 bits per heavy atom. The van der Waals surface area contributed by atoms with Crippen molar-refractivity contribution < 1.29 is 9.53 Å². The van der Waals surface area contributed by atoms with E-state index in [0.29, 0.717) is 0 Å². The molecule has 0 aliphatic heterocycles. The number of carbonyl (C=O) groups is 1. The molecule has 0 aliphatic rings. The lowest BCUT2D eigenvalue weighted by molar-refractivity contribution is -0.140. The fourth-order valence-electron chi connectivity index (χ4n) is 1.09. The Balaban J connectivity index is 2.62. The third kappa shape index (κ3) is 3.07. The second kappa shape index (κ2) is 5.70. The summed E-state index contributed by atoms with van der Waals surface area (Å²) in [5.74, 6) is -0.152. The fraction of sp³-hybridized carbons (Fsp3) is 0.364. The molecule has 1 rings (SSSR count). The summed E-state index contributed by atoms with van der Waals surface area (Å²) >= 11 is 1.55. The van der Waals surface area contributed by atoms with Crippen LogP contribution in [0.1, 0.15) is 13.3 Å². The van der Waals surface area contributed by atoms with E-state index < -0.39 is 0 Å². The number of hydrogen-bond acceptors (Lipinski definition) is 3. The molecule has 76 valence electrons. The first-order valence-corrected chi connectivity index (χ1v) is 5.45. The van der Waals surface area contributed by atoms with Crippen molar-refractivity contribution in [3.63, 3.8) is 0 Å². The van der Waals surface area contributed by atoms with Crippen molar-refractivity contribution in [2.24, 2.45) is 0 Å². The number of carbonyl (C=O) groups excluding carboxylic acids is 1. The molecule has 0 aliphatic carbocycles. The van der Waals surface area contributed by atoms with Gasteiger partial charge in [0.1, 0.15) is 5.25 Å². The van der Waals surface area contributed by atoms with Gasteiger partial charge in [0.05, 0.1) is 7.11 Å². The first kappa shape index (κ1) is 11.1. The van der Waals surface area contributed by atoms with Gasteiger partial charge in [-0.3, -0.25) is 4.79 Å². The Labute approximate surface area is 88.7 Å². The number of thioether (sulfide) groups is 1. The average molecular weight is 210 g/mol. The van der Waals surface area contributed by atoms with Crippen molar-refractivity contribution in [3.8, 4) is 0 Å². The lowest BCUT2D eigenvalue weighted by Gasteiger charge is -2.11. The van der Waals surface area contributed by atoms with Crippen LogP contribution in [0.2, 0.25) is 0 Å². The van der Waals surface area contributed by atoms with Gasteiger partial charge in [-0.25, -0.2) is 0 Å². The number of rotatable bonds is 4. The SMILES string of the molecule is CCC(Sc1ccccc1)C(=O)OC. The van der Waals surface area contributed by atoms with Gasteiger partial charge in [0.2, 0.25) is 0 Å². The van der Waals surface area contributed by atoms with Gasteiger partial charge in [-0.2, -0.15) is 0 Å². The lowest BCUT2D eigenvalue weighted by atomic mass is 10.3. The van der Waals surface area contributed by atoms with Crippen LogP contribution in [0, 0.1) is 0 Å². The van der Waals surface area contributed by atoms with E-state index in [1.807, 2.05) is 37.3 Å². The Bertz CT molecular complexity index is 285. The second-order valence-corrected chi connectivity index (χ2v) is 4.13. The molecule has 1 aromatic rings. The topological polar surface area (TPSA) is 26.3 Å². The molecular formula is C11H14O2S. The van der Waals surface area contributed by atoms with Crippen molar-refractivity contribution in [1.29, 1.82) is 0 Å². The summed E-state index contributed by atoms with van der Waals surface area (Å²) in [4.78, 5) is 12.4. The standard InChI is InChI=1S/C11H14O2S/c1-3-10(11(12)13-2)14-9-7-5-4-6-8-9/h4-8,10H,3H2,1-2H3. The van der Waals surface area contributed by atoms with Crippen LogP contribution in [-0.4, -0.2) is 18.3 Å². The molecule has 0 saturated carbocycles. The van der Waals surface area contributed by atoms with E-state index in [4.69, 9.17) is 4.74 Å². The summed E-state index contributed by atoms with van der Waals surface area (Å²) in [7, 11) is 1.43. The van der Waals surface area contributed by atoms with Crippen LogP contribution in [0.4, 0.5) is 0 Å². The lowest BCUT2D eigenvalue weighted by Crippen LogP contribution is -2.17. The molecule has 2 nitrogen and oxygen atoms in total. The van der Waals surface area contributed by atoms with E-state index >= 15 is 0 Å². The fourth-order valence-corrected chi connectivity index (χ4v) is 2.09. The molecule has 14 heavy (non-hydrogen) atoms. The highest BCUT2D eigenvalue weighted by Gasteiger charge is 2.17. The molecule has 0 saturated heterocycles. The minimum absolute atomic E-state index is 0.0950. The highest BCUT2D eigenvalue weighted by molar-refractivity contribution is 8.00. The van der Waals surface area contributed by atoms with Crippen LogP contribution >= 0.6 is 11.8 Å². The molecule has 0 amide bonds. The van der Waals surface area contributed by atoms with E-state index in [1.54, 1.807) is 11.8 Å². The zero-order valence-electron chi connectivity index (χ0n) is 8.40. The number of ether oxygens (including phenoxy) is 1. The van der Waals surface area contributed by atoms with E-state index in [1.165, 1.54) is 7.11 Å². The minimum atomic E-state index is -0.152. The van der Waals surface area contributed by atoms with Gasteiger partial charge in [-0.05, 0) is 18.6 Å². The summed E-state index contributed by atoms with van der Waals surface area (Å²) in [6.07, 6.45) is 0.784. The quantitative estimate of drug-likeness (QED) is 0.564. The van der Waals surface area contributed by atoms with Gasteiger partial charge in [0, 0.05) is 4.90 Å². The summed E-state index contributed by atoms with van der Waals surface area (Å²) in [6, 6.07) is 9.88. The number of hydrogen-bond donors (Lipinski definition) is 0. The molecular weight excluding hydrogens is 196 g/mol. The van der Waals surface area contributed by atoms with E-state index in [0.717, 1.165) is 11.3 Å². The molecule has 0 radical (unpaired) electrons. The van der Waals surface area contributed by atoms with Crippen LogP contribution in [0.3, 0.4) is 0 Å². The van der Waals surface area contributed by atoms with Crippen molar-refractivity contribution in [2.45, 2.75) is 23.5 Å². The Kier molecular flexibility index (Phi) is 4.53. The van der Waals surface area contributed by atoms with Crippen LogP contribution in [0.5, 0.6) is 0 Å². The number of benzene rings is 1. The summed E-state index contributed by atoms with van der Waals surface area (Å²) in [5, 5.41) is -0.0950. The van der Waals surface area contributed by atoms with Crippen molar-refractivity contribution in [1.82, 2.24) is 0 Å². The van der Waals surface area contributed by atoms with E-state index in [-0.39, 0.29) is 11.2 Å². The molecule has 0 spiro atoms. The monoisotopic (exact) mass is 210 g/mol. The van der Waals surface area contributed by atoms with Gasteiger partial charge in [-0.15, -0.1) is 11.8 Å². The number of methoxy groups -OCH3 is 1. The largest absolute Gasteiger partial charge is 0.468 e. The van der Waals surface area contributed by atoms with E-state index in [9.17, 15) is 4.79 Å². The molecule has 1 atom stereocenters. The highest BCUT2D eigenvalue weighted by atomic mass is 32.2. The maximum Gasteiger partial charge on any atom is 0.319 e.